The maximum Gasteiger partial charge on any atom is 0.271 e. The number of nitrogens with one attached hydrogen (secondary N) is 1. The number of nitrogens with two attached hydrogens (primary N) is 1. The van der Waals surface area contributed by atoms with Gasteiger partial charge >= 0.3 is 0 Å². The molecule has 0 bridgehead atoms. The van der Waals surface area contributed by atoms with E-state index in [1.807, 2.05) is 13.8 Å². The molecule has 0 fully saturated rings. The van der Waals surface area contributed by atoms with Crippen LogP contribution in [-0.4, -0.2) is 4.92 Å². The molecule has 0 aromatic heterocycles. The van der Waals surface area contributed by atoms with Crippen LogP contribution in [0.2, 0.25) is 0 Å². The van der Waals surface area contributed by atoms with Gasteiger partial charge in [-0.05, 0) is 6.92 Å². The van der Waals surface area contributed by atoms with Gasteiger partial charge in [0.15, 0.2) is 0 Å². The molecule has 80 valence electrons. The van der Waals surface area contributed by atoms with E-state index in [2.05, 4.69) is 12.0 Å². The zero-order valence-corrected chi connectivity index (χ0v) is 8.78. The van der Waals surface area contributed by atoms with Gasteiger partial charge in [0.1, 0.15) is 0 Å². The Labute approximate surface area is 84.1 Å². The van der Waals surface area contributed by atoms with Crippen molar-refractivity contribution in [2.45, 2.75) is 20.8 Å². The molecule has 0 aliphatic carbocycles. The van der Waals surface area contributed by atoms with E-state index in [-0.39, 0.29) is 5.70 Å². The summed E-state index contributed by atoms with van der Waals surface area (Å²) >= 11 is 0. The number of hydrazine groups is 1. The molecule has 0 radical (unpaired) electrons. The highest BCUT2D eigenvalue weighted by Gasteiger charge is 2.04. The minimum atomic E-state index is -0.511. The number of hydrogen-bond acceptors (Lipinski definition) is 4. The summed E-state index contributed by atoms with van der Waals surface area (Å²) in [6.07, 6.45) is 3.96. The Balaban J connectivity index is 0. The number of rotatable bonds is 4. The summed E-state index contributed by atoms with van der Waals surface area (Å²) < 4.78 is 0. The van der Waals surface area contributed by atoms with Crippen molar-refractivity contribution in [1.82, 2.24) is 5.43 Å². The van der Waals surface area contributed by atoms with E-state index >= 15 is 0 Å². The van der Waals surface area contributed by atoms with Crippen LogP contribution in [0.4, 0.5) is 0 Å². The van der Waals surface area contributed by atoms with Gasteiger partial charge in [-0.2, -0.15) is 0 Å². The molecule has 0 aliphatic heterocycles. The van der Waals surface area contributed by atoms with Crippen LogP contribution in [0.5, 0.6) is 0 Å². The van der Waals surface area contributed by atoms with Gasteiger partial charge in [0.2, 0.25) is 0 Å². The van der Waals surface area contributed by atoms with Gasteiger partial charge in [-0.15, -0.1) is 0 Å². The van der Waals surface area contributed by atoms with E-state index in [1.165, 1.54) is 18.2 Å². The van der Waals surface area contributed by atoms with Crippen molar-refractivity contribution in [3.63, 3.8) is 0 Å². The van der Waals surface area contributed by atoms with Crippen LogP contribution in [0, 0.1) is 10.1 Å². The molecule has 14 heavy (non-hydrogen) atoms. The summed E-state index contributed by atoms with van der Waals surface area (Å²) in [7, 11) is 0. The Morgan fingerprint density at radius 2 is 2.07 bits per heavy atom. The third-order valence-electron chi connectivity index (χ3n) is 1.09. The minimum absolute atomic E-state index is 0.0551. The van der Waals surface area contributed by atoms with Gasteiger partial charge in [0.25, 0.3) is 5.70 Å². The molecular formula is C9H17N3O2. The average molecular weight is 199 g/mol. The molecule has 3 N–H and O–H groups in total. The molecule has 0 saturated carbocycles. The van der Waals surface area contributed by atoms with Crippen molar-refractivity contribution in [1.29, 1.82) is 0 Å². The molecular weight excluding hydrogens is 182 g/mol. The standard InChI is InChI=1S/C7H11N3O2.C2H6/c1-3-4-7(10(11)12)5-6(2)9-8;1-2/h3-5,9H,1,8H2,2H3;1-2H3/b6-5+,7-4+;. The van der Waals surface area contributed by atoms with Crippen LogP contribution in [0.25, 0.3) is 0 Å². The minimum Gasteiger partial charge on any atom is -0.328 e. The third-order valence-corrected chi connectivity index (χ3v) is 1.09. The quantitative estimate of drug-likeness (QED) is 0.312. The molecule has 0 saturated heterocycles. The van der Waals surface area contributed by atoms with Crippen molar-refractivity contribution < 1.29 is 4.92 Å². The van der Waals surface area contributed by atoms with Crippen molar-refractivity contribution >= 4 is 0 Å². The van der Waals surface area contributed by atoms with Crippen LogP contribution in [0.15, 0.2) is 36.2 Å². The first-order valence-corrected chi connectivity index (χ1v) is 4.24. The fourth-order valence-corrected chi connectivity index (χ4v) is 0.546. The number of hydrogen-bond donors (Lipinski definition) is 2. The molecule has 0 heterocycles. The largest absolute Gasteiger partial charge is 0.328 e. The Morgan fingerprint density at radius 3 is 2.36 bits per heavy atom. The van der Waals surface area contributed by atoms with Gasteiger partial charge in [-0.1, -0.05) is 26.5 Å². The first kappa shape index (κ1) is 14.9. The monoisotopic (exact) mass is 199 g/mol. The summed E-state index contributed by atoms with van der Waals surface area (Å²) in [5.74, 6) is 5.02. The molecule has 0 spiro atoms. The van der Waals surface area contributed by atoms with Gasteiger partial charge in [0, 0.05) is 17.8 Å². The lowest BCUT2D eigenvalue weighted by Crippen LogP contribution is -2.19. The molecule has 0 aromatic rings. The van der Waals surface area contributed by atoms with Crippen LogP contribution in [-0.2, 0) is 0 Å². The summed E-state index contributed by atoms with van der Waals surface area (Å²) in [5.41, 5.74) is 2.75. The lowest BCUT2D eigenvalue weighted by molar-refractivity contribution is -0.419. The molecule has 0 atom stereocenters. The molecule has 5 nitrogen and oxygen atoms in total. The SMILES string of the molecule is C=C/C=C(\C=C(/C)NN)[N+](=O)[O-].CC. The second kappa shape index (κ2) is 9.47. The highest BCUT2D eigenvalue weighted by molar-refractivity contribution is 5.19. The van der Waals surface area contributed by atoms with E-state index in [4.69, 9.17) is 5.84 Å². The lowest BCUT2D eigenvalue weighted by Gasteiger charge is -1.96. The second-order valence-corrected chi connectivity index (χ2v) is 2.06. The van der Waals surface area contributed by atoms with Crippen LogP contribution in [0.3, 0.4) is 0 Å². The van der Waals surface area contributed by atoms with E-state index in [0.717, 1.165) is 0 Å². The zero-order chi connectivity index (χ0) is 11.6. The third kappa shape index (κ3) is 7.05. The van der Waals surface area contributed by atoms with Crippen LogP contribution in [0.1, 0.15) is 20.8 Å². The van der Waals surface area contributed by atoms with Crippen molar-refractivity contribution in [3.05, 3.63) is 46.3 Å². The van der Waals surface area contributed by atoms with Crippen LogP contribution < -0.4 is 11.3 Å². The fourth-order valence-electron chi connectivity index (χ4n) is 0.546. The molecule has 0 unspecified atom stereocenters. The lowest BCUT2D eigenvalue weighted by atomic mass is 10.3. The Morgan fingerprint density at radius 1 is 1.57 bits per heavy atom. The molecule has 0 rings (SSSR count). The first-order chi connectivity index (χ1) is 6.61. The predicted octanol–water partition coefficient (Wildman–Crippen LogP) is 1.73. The van der Waals surface area contributed by atoms with E-state index < -0.39 is 4.92 Å². The van der Waals surface area contributed by atoms with E-state index in [0.29, 0.717) is 5.70 Å². The highest BCUT2D eigenvalue weighted by Crippen LogP contribution is 2.00. The van der Waals surface area contributed by atoms with Gasteiger partial charge in [0.05, 0.1) is 4.92 Å². The first-order valence-electron chi connectivity index (χ1n) is 4.24. The van der Waals surface area contributed by atoms with Crippen molar-refractivity contribution in [2.75, 3.05) is 0 Å². The van der Waals surface area contributed by atoms with Crippen molar-refractivity contribution in [2.24, 2.45) is 5.84 Å². The van der Waals surface area contributed by atoms with Gasteiger partial charge in [-0.3, -0.25) is 16.0 Å². The fraction of sp³-hybridized carbons (Fsp3) is 0.333. The highest BCUT2D eigenvalue weighted by atomic mass is 16.6. The zero-order valence-electron chi connectivity index (χ0n) is 8.78. The average Bonchev–Trinajstić information content (AvgIpc) is 2.19. The predicted molar refractivity (Wildman–Crippen MR) is 57.7 cm³/mol. The maximum absolute atomic E-state index is 10.3. The Kier molecular flexibility index (Phi) is 10.1. The van der Waals surface area contributed by atoms with Crippen LogP contribution >= 0.6 is 0 Å². The van der Waals surface area contributed by atoms with E-state index in [1.54, 1.807) is 6.92 Å². The molecule has 0 aliphatic rings. The topological polar surface area (TPSA) is 81.2 Å². The smallest absolute Gasteiger partial charge is 0.271 e. The summed E-state index contributed by atoms with van der Waals surface area (Å²) in [4.78, 5) is 9.81. The number of nitrogens with zero attached hydrogens (tertiary/aromatic N) is 1. The normalized spacial score (nSPS) is 11.1. The number of allylic oxidation sites excluding steroid dienone is 4. The van der Waals surface area contributed by atoms with Crippen molar-refractivity contribution in [3.8, 4) is 0 Å². The molecule has 0 aromatic carbocycles. The van der Waals surface area contributed by atoms with Gasteiger partial charge in [-0.25, -0.2) is 0 Å². The molecule has 0 amide bonds. The van der Waals surface area contributed by atoms with E-state index in [9.17, 15) is 10.1 Å². The van der Waals surface area contributed by atoms with Gasteiger partial charge < -0.3 is 5.43 Å². The summed E-state index contributed by atoms with van der Waals surface area (Å²) in [6.45, 7) is 8.98. The summed E-state index contributed by atoms with van der Waals surface area (Å²) in [5, 5.41) is 10.3. The Bertz CT molecular complexity index is 244. The number of nitro groups is 1. The second-order valence-electron chi connectivity index (χ2n) is 2.06. The molecule has 5 heteroatoms. The maximum atomic E-state index is 10.3. The Hall–Kier alpha value is -1.62. The summed E-state index contributed by atoms with van der Waals surface area (Å²) in [6, 6.07) is 0.